The van der Waals surface area contributed by atoms with E-state index in [0.717, 1.165) is 19.3 Å². The van der Waals surface area contributed by atoms with Gasteiger partial charge in [-0.2, -0.15) is 0 Å². The van der Waals surface area contributed by atoms with Crippen LogP contribution in [0.15, 0.2) is 24.3 Å². The van der Waals surface area contributed by atoms with Crippen molar-refractivity contribution in [3.05, 3.63) is 29.8 Å². The molecule has 0 fully saturated rings. The number of benzene rings is 1. The Morgan fingerprint density at radius 3 is 1.07 bits per heavy atom. The maximum atomic E-state index is 10.6. The van der Waals surface area contributed by atoms with Crippen molar-refractivity contribution in [2.24, 2.45) is 5.92 Å². The van der Waals surface area contributed by atoms with E-state index in [4.69, 9.17) is 52.1 Å². The van der Waals surface area contributed by atoms with Crippen molar-refractivity contribution in [1.82, 2.24) is 0 Å². The van der Waals surface area contributed by atoms with Crippen LogP contribution in [0.4, 0.5) is 0 Å². The van der Waals surface area contributed by atoms with Gasteiger partial charge in [0.05, 0.1) is 126 Å². The molecular formula is C32H56O12. The molecule has 1 aromatic carbocycles. The summed E-state index contributed by atoms with van der Waals surface area (Å²) >= 11 is 0. The highest BCUT2D eigenvalue weighted by atomic mass is 16.6. The zero-order chi connectivity index (χ0) is 31.6. The van der Waals surface area contributed by atoms with Crippen molar-refractivity contribution in [3.8, 4) is 5.75 Å². The number of rotatable bonds is 35. The molecular weight excluding hydrogens is 576 g/mol. The van der Waals surface area contributed by atoms with E-state index in [1.165, 1.54) is 0 Å². The molecule has 12 heteroatoms. The highest BCUT2D eigenvalue weighted by molar-refractivity contribution is 5.74. The number of hydrogen-bond acceptors (Lipinski definition) is 12. The third kappa shape index (κ3) is 27.8. The smallest absolute Gasteiger partial charge is 0.150 e. The molecule has 0 heterocycles. The van der Waals surface area contributed by atoms with Crippen molar-refractivity contribution in [1.29, 1.82) is 0 Å². The molecule has 1 aromatic rings. The Morgan fingerprint density at radius 2 is 0.773 bits per heavy atom. The summed E-state index contributed by atoms with van der Waals surface area (Å²) in [6.45, 7) is 15.4. The van der Waals surface area contributed by atoms with Crippen LogP contribution in [0, 0.1) is 5.92 Å². The monoisotopic (exact) mass is 632 g/mol. The fraction of sp³-hybridized carbons (Fsp3) is 0.781. The van der Waals surface area contributed by atoms with Gasteiger partial charge in [-0.05, 0) is 30.2 Å². The molecule has 256 valence electrons. The largest absolute Gasteiger partial charge is 0.491 e. The van der Waals surface area contributed by atoms with Crippen LogP contribution in [0.5, 0.6) is 5.75 Å². The van der Waals surface area contributed by atoms with Crippen molar-refractivity contribution in [2.45, 2.75) is 20.3 Å². The number of ether oxygens (including phenoxy) is 11. The molecule has 0 radical (unpaired) electrons. The van der Waals surface area contributed by atoms with Gasteiger partial charge in [-0.15, -0.1) is 0 Å². The third-order valence-corrected chi connectivity index (χ3v) is 5.96. The average Bonchev–Trinajstić information content (AvgIpc) is 3.05. The molecule has 0 spiro atoms. The molecule has 0 aromatic heterocycles. The molecule has 1 atom stereocenters. The predicted octanol–water partition coefficient (Wildman–Crippen LogP) is 3.09. The van der Waals surface area contributed by atoms with Crippen LogP contribution < -0.4 is 4.74 Å². The molecule has 0 saturated carbocycles. The number of aldehydes is 1. The van der Waals surface area contributed by atoms with Crippen molar-refractivity contribution in [3.63, 3.8) is 0 Å². The SMILES string of the molecule is CCC(C)COCCOCCOCCOCCOCCOCCOCCOCCOCCOCCOc1ccc(C=O)cc1. The van der Waals surface area contributed by atoms with Gasteiger partial charge in [-0.1, -0.05) is 20.3 Å². The van der Waals surface area contributed by atoms with E-state index < -0.39 is 0 Å². The quantitative estimate of drug-likeness (QED) is 0.0808. The summed E-state index contributed by atoms with van der Waals surface area (Å²) in [4.78, 5) is 10.6. The van der Waals surface area contributed by atoms with Crippen molar-refractivity contribution >= 4 is 6.29 Å². The van der Waals surface area contributed by atoms with E-state index >= 15 is 0 Å². The normalized spacial score (nSPS) is 12.0. The first-order valence-electron chi connectivity index (χ1n) is 15.7. The van der Waals surface area contributed by atoms with Gasteiger partial charge >= 0.3 is 0 Å². The number of hydrogen-bond donors (Lipinski definition) is 0. The predicted molar refractivity (Wildman–Crippen MR) is 165 cm³/mol. The number of carbonyl (C=O) groups is 1. The van der Waals surface area contributed by atoms with Gasteiger partial charge in [0.25, 0.3) is 0 Å². The highest BCUT2D eigenvalue weighted by Gasteiger charge is 1.99. The molecule has 12 nitrogen and oxygen atoms in total. The van der Waals surface area contributed by atoms with Gasteiger partial charge in [0.2, 0.25) is 0 Å². The van der Waals surface area contributed by atoms with Gasteiger partial charge < -0.3 is 52.1 Å². The van der Waals surface area contributed by atoms with E-state index in [9.17, 15) is 4.79 Å². The zero-order valence-electron chi connectivity index (χ0n) is 26.9. The minimum Gasteiger partial charge on any atom is -0.491 e. The fourth-order valence-electron chi connectivity index (χ4n) is 3.24. The molecule has 1 rings (SSSR count). The van der Waals surface area contributed by atoms with Crippen LogP contribution in [-0.4, -0.2) is 145 Å². The first kappa shape index (κ1) is 40.3. The van der Waals surface area contributed by atoms with Crippen LogP contribution in [0.1, 0.15) is 30.6 Å². The fourth-order valence-corrected chi connectivity index (χ4v) is 3.24. The van der Waals surface area contributed by atoms with Crippen LogP contribution in [-0.2, 0) is 47.4 Å². The molecule has 0 bridgehead atoms. The van der Waals surface area contributed by atoms with Gasteiger partial charge in [-0.25, -0.2) is 0 Å². The highest BCUT2D eigenvalue weighted by Crippen LogP contribution is 2.10. The van der Waals surface area contributed by atoms with Crippen LogP contribution >= 0.6 is 0 Å². The molecule has 44 heavy (non-hydrogen) atoms. The lowest BCUT2D eigenvalue weighted by molar-refractivity contribution is -0.0271. The third-order valence-electron chi connectivity index (χ3n) is 5.96. The van der Waals surface area contributed by atoms with Crippen LogP contribution in [0.3, 0.4) is 0 Å². The lowest BCUT2D eigenvalue weighted by Crippen LogP contribution is -2.15. The van der Waals surface area contributed by atoms with E-state index in [1.54, 1.807) is 24.3 Å². The van der Waals surface area contributed by atoms with Crippen LogP contribution in [0.25, 0.3) is 0 Å². The average molecular weight is 633 g/mol. The summed E-state index contributed by atoms with van der Waals surface area (Å²) < 4.78 is 60.3. The summed E-state index contributed by atoms with van der Waals surface area (Å²) in [7, 11) is 0. The zero-order valence-corrected chi connectivity index (χ0v) is 26.9. The van der Waals surface area contributed by atoms with Gasteiger partial charge in [0, 0.05) is 12.2 Å². The molecule has 0 amide bonds. The molecule has 0 aliphatic rings. The minimum atomic E-state index is 0.433. The molecule has 0 aliphatic heterocycles. The Bertz CT molecular complexity index is 722. The van der Waals surface area contributed by atoms with E-state index in [1.807, 2.05) is 0 Å². The van der Waals surface area contributed by atoms with E-state index in [-0.39, 0.29) is 0 Å². The molecule has 0 saturated heterocycles. The van der Waals surface area contributed by atoms with Gasteiger partial charge in [0.15, 0.2) is 0 Å². The topological polar surface area (TPSA) is 119 Å². The minimum absolute atomic E-state index is 0.433. The first-order valence-corrected chi connectivity index (χ1v) is 15.7. The summed E-state index contributed by atoms with van der Waals surface area (Å²) in [5.74, 6) is 1.30. The second kappa shape index (κ2) is 32.7. The van der Waals surface area contributed by atoms with Crippen molar-refractivity contribution < 1.29 is 56.9 Å². The molecule has 1 unspecified atom stereocenters. The standard InChI is InChI=1S/C32H56O12/c1-3-30(2)29-43-25-24-41-21-20-39-17-16-37-13-12-35-9-8-34-10-11-36-14-15-38-18-19-40-22-23-42-26-27-44-32-6-4-31(28-33)5-7-32/h4-7,28,30H,3,8-27,29H2,1-2H3. The lowest BCUT2D eigenvalue weighted by Gasteiger charge is -2.10. The Morgan fingerprint density at radius 1 is 0.477 bits per heavy atom. The van der Waals surface area contributed by atoms with Crippen LogP contribution in [0.2, 0.25) is 0 Å². The van der Waals surface area contributed by atoms with E-state index in [2.05, 4.69) is 13.8 Å². The maximum absolute atomic E-state index is 10.6. The Balaban J connectivity index is 1.64. The second-order valence-corrected chi connectivity index (χ2v) is 9.64. The summed E-state index contributed by atoms with van der Waals surface area (Å²) in [5.41, 5.74) is 0.620. The first-order chi connectivity index (χ1) is 21.8. The van der Waals surface area contributed by atoms with E-state index in [0.29, 0.717) is 149 Å². The molecule has 0 N–H and O–H groups in total. The summed E-state index contributed by atoms with van der Waals surface area (Å²) in [5, 5.41) is 0. The maximum Gasteiger partial charge on any atom is 0.150 e. The lowest BCUT2D eigenvalue weighted by atomic mass is 10.1. The Labute approximate surface area is 263 Å². The van der Waals surface area contributed by atoms with Gasteiger partial charge in [0.1, 0.15) is 18.6 Å². The Hall–Kier alpha value is -1.71. The summed E-state index contributed by atoms with van der Waals surface area (Å²) in [6, 6.07) is 6.94. The molecule has 0 aliphatic carbocycles. The number of carbonyl (C=O) groups excluding carboxylic acids is 1. The second-order valence-electron chi connectivity index (χ2n) is 9.64. The summed E-state index contributed by atoms with van der Waals surface area (Å²) in [6.07, 6.45) is 1.93. The van der Waals surface area contributed by atoms with Gasteiger partial charge in [-0.3, -0.25) is 4.79 Å². The van der Waals surface area contributed by atoms with Crippen molar-refractivity contribution in [2.75, 3.05) is 139 Å². The Kier molecular flexibility index (Phi) is 29.9.